The molecule has 1 fully saturated rings. The van der Waals surface area contributed by atoms with Gasteiger partial charge in [0.05, 0.1) is 7.11 Å². The number of carbonyl (C=O) groups excluding carboxylic acids is 2. The maximum atomic E-state index is 13.7. The molecule has 3 amide bonds. The van der Waals surface area contributed by atoms with Crippen molar-refractivity contribution < 1.29 is 23.8 Å². The molecule has 0 radical (unpaired) electrons. The summed E-state index contributed by atoms with van der Waals surface area (Å²) in [6.45, 7) is 7.23. The molecule has 1 aliphatic heterocycles. The maximum absolute atomic E-state index is 13.7. The van der Waals surface area contributed by atoms with E-state index < -0.39 is 0 Å². The lowest BCUT2D eigenvalue weighted by Gasteiger charge is -2.26. The third-order valence-electron chi connectivity index (χ3n) is 7.82. The normalized spacial score (nSPS) is 13.4. The Morgan fingerprint density at radius 2 is 1.56 bits per heavy atom. The number of anilines is 2. The topological polar surface area (TPSA) is 104 Å². The zero-order chi connectivity index (χ0) is 32.2. The monoisotopic (exact) mass is 617 g/mol. The fourth-order valence-electron chi connectivity index (χ4n) is 5.08. The second-order valence-electron chi connectivity index (χ2n) is 11.4. The van der Waals surface area contributed by atoms with E-state index >= 15 is 0 Å². The lowest BCUT2D eigenvalue weighted by Crippen LogP contribution is -2.37. The largest absolute Gasteiger partial charge is 0.493 e. The smallest absolute Gasteiger partial charge is 0.319 e. The number of likely N-dealkylation sites (N-methyl/N-ethyl adjacent to an activating group) is 1. The zero-order valence-corrected chi connectivity index (χ0v) is 27.1. The molecule has 10 heteroatoms. The molecule has 0 bridgehead atoms. The number of urea groups is 1. The minimum Gasteiger partial charge on any atom is -0.493 e. The Morgan fingerprint density at radius 3 is 2.18 bits per heavy atom. The van der Waals surface area contributed by atoms with Crippen LogP contribution in [-0.4, -0.2) is 76.4 Å². The molecule has 0 aliphatic carbocycles. The van der Waals surface area contributed by atoms with Gasteiger partial charge in [-0.15, -0.1) is 0 Å². The van der Waals surface area contributed by atoms with Crippen LogP contribution in [0.4, 0.5) is 16.2 Å². The van der Waals surface area contributed by atoms with Gasteiger partial charge in [0.1, 0.15) is 17.6 Å². The Morgan fingerprint density at radius 1 is 0.889 bits per heavy atom. The van der Waals surface area contributed by atoms with Crippen molar-refractivity contribution in [3.8, 4) is 23.0 Å². The van der Waals surface area contributed by atoms with Gasteiger partial charge in [-0.1, -0.05) is 13.8 Å². The first-order chi connectivity index (χ1) is 21.8. The number of ether oxygens (including phenoxy) is 3. The number of methoxy groups -OCH3 is 1. The highest BCUT2D eigenvalue weighted by atomic mass is 16.5. The number of piperidine rings is 1. The van der Waals surface area contributed by atoms with Crippen molar-refractivity contribution in [3.05, 3.63) is 72.3 Å². The highest BCUT2D eigenvalue weighted by Gasteiger charge is 2.20. The molecule has 4 rings (SSSR count). The number of nitrogens with one attached hydrogen (secondary N) is 3. The minimum absolute atomic E-state index is 0.0862. The summed E-state index contributed by atoms with van der Waals surface area (Å²) in [4.78, 5) is 29.9. The number of rotatable bonds is 14. The molecule has 0 saturated carbocycles. The standard InChI is InChI=1S/C35H47N5O5/c1-6-26(7-2)37-35(42)38-27-10-17-32(33(24-27)43-5)45-30-15-11-28(12-16-30)40(23-22-39(3)4)34(41)25-8-13-29(14-9-25)44-31-18-20-36-21-19-31/h8-17,24,26,31,36H,6-7,18-23H2,1-5H3,(H2,37,38,42). The summed E-state index contributed by atoms with van der Waals surface area (Å²) < 4.78 is 17.8. The quantitative estimate of drug-likeness (QED) is 0.200. The van der Waals surface area contributed by atoms with Crippen molar-refractivity contribution in [3.63, 3.8) is 0 Å². The van der Waals surface area contributed by atoms with Crippen LogP contribution in [0.2, 0.25) is 0 Å². The van der Waals surface area contributed by atoms with Crippen molar-refractivity contribution in [2.45, 2.75) is 51.7 Å². The molecule has 1 aliphatic rings. The molecule has 1 saturated heterocycles. The van der Waals surface area contributed by atoms with E-state index in [1.807, 2.05) is 81.4 Å². The molecular formula is C35H47N5O5. The summed E-state index contributed by atoms with van der Waals surface area (Å²) in [7, 11) is 5.53. The first kappa shape index (κ1) is 33.6. The number of benzene rings is 3. The van der Waals surface area contributed by atoms with E-state index in [0.29, 0.717) is 41.6 Å². The SMILES string of the molecule is CCC(CC)NC(=O)Nc1ccc(Oc2ccc(N(CCN(C)C)C(=O)c3ccc(OC4CCNCC4)cc3)cc2)c(OC)c1. The molecule has 0 aromatic heterocycles. The average molecular weight is 618 g/mol. The van der Waals surface area contributed by atoms with Crippen LogP contribution in [0.25, 0.3) is 0 Å². The van der Waals surface area contributed by atoms with Gasteiger partial charge in [0.25, 0.3) is 5.91 Å². The number of hydrogen-bond acceptors (Lipinski definition) is 7. The van der Waals surface area contributed by atoms with Crippen LogP contribution in [0.3, 0.4) is 0 Å². The summed E-state index contributed by atoms with van der Waals surface area (Å²) in [5.74, 6) is 2.27. The molecule has 1 heterocycles. The van der Waals surface area contributed by atoms with Crippen molar-refractivity contribution in [2.75, 3.05) is 57.6 Å². The van der Waals surface area contributed by atoms with Gasteiger partial charge in [-0.2, -0.15) is 0 Å². The van der Waals surface area contributed by atoms with Gasteiger partial charge in [-0.05, 0) is 114 Å². The predicted molar refractivity (Wildman–Crippen MR) is 179 cm³/mol. The van der Waals surface area contributed by atoms with Crippen molar-refractivity contribution in [1.29, 1.82) is 0 Å². The molecule has 10 nitrogen and oxygen atoms in total. The molecule has 3 N–H and O–H groups in total. The van der Waals surface area contributed by atoms with Gasteiger partial charge in [-0.25, -0.2) is 4.79 Å². The lowest BCUT2D eigenvalue weighted by molar-refractivity contribution is 0.0985. The first-order valence-corrected chi connectivity index (χ1v) is 15.8. The van der Waals surface area contributed by atoms with Gasteiger partial charge >= 0.3 is 6.03 Å². The van der Waals surface area contributed by atoms with Crippen LogP contribution in [0.1, 0.15) is 49.9 Å². The Balaban J connectivity index is 1.44. The van der Waals surface area contributed by atoms with E-state index in [2.05, 4.69) is 16.0 Å². The highest BCUT2D eigenvalue weighted by molar-refractivity contribution is 6.06. The Hall–Kier alpha value is -4.28. The number of hydrogen-bond donors (Lipinski definition) is 3. The summed E-state index contributed by atoms with van der Waals surface area (Å²) in [5.41, 5.74) is 1.96. The second kappa shape index (κ2) is 16.7. The van der Waals surface area contributed by atoms with Gasteiger partial charge in [0, 0.05) is 42.1 Å². The molecule has 0 unspecified atom stereocenters. The van der Waals surface area contributed by atoms with Gasteiger partial charge in [0.2, 0.25) is 0 Å². The molecule has 0 spiro atoms. The van der Waals surface area contributed by atoms with E-state index in [-0.39, 0.29) is 24.1 Å². The van der Waals surface area contributed by atoms with Crippen LogP contribution in [0, 0.1) is 0 Å². The van der Waals surface area contributed by atoms with Crippen LogP contribution in [0.15, 0.2) is 66.7 Å². The predicted octanol–water partition coefficient (Wildman–Crippen LogP) is 6.14. The van der Waals surface area contributed by atoms with Crippen LogP contribution in [-0.2, 0) is 0 Å². The van der Waals surface area contributed by atoms with E-state index in [1.54, 1.807) is 30.2 Å². The average Bonchev–Trinajstić information content (AvgIpc) is 3.05. The second-order valence-corrected chi connectivity index (χ2v) is 11.4. The molecule has 3 aromatic carbocycles. The third-order valence-corrected chi connectivity index (χ3v) is 7.82. The maximum Gasteiger partial charge on any atom is 0.319 e. The summed E-state index contributed by atoms with van der Waals surface area (Å²) in [5, 5.41) is 9.16. The summed E-state index contributed by atoms with van der Waals surface area (Å²) in [6.07, 6.45) is 3.88. The number of nitrogens with zero attached hydrogens (tertiary/aromatic N) is 2. The number of carbonyl (C=O) groups is 2. The molecular weight excluding hydrogens is 570 g/mol. The van der Waals surface area contributed by atoms with Gasteiger partial charge in [-0.3, -0.25) is 4.79 Å². The fourth-order valence-corrected chi connectivity index (χ4v) is 5.08. The number of amides is 3. The minimum atomic E-state index is -0.259. The van der Waals surface area contributed by atoms with E-state index in [1.165, 1.54) is 0 Å². The highest BCUT2D eigenvalue weighted by Crippen LogP contribution is 2.34. The zero-order valence-electron chi connectivity index (χ0n) is 27.1. The first-order valence-electron chi connectivity index (χ1n) is 15.8. The van der Waals surface area contributed by atoms with Gasteiger partial charge < -0.3 is 40.0 Å². The van der Waals surface area contributed by atoms with E-state index in [0.717, 1.165) is 50.2 Å². The Labute approximate surface area is 267 Å². The van der Waals surface area contributed by atoms with Crippen LogP contribution in [0.5, 0.6) is 23.0 Å². The van der Waals surface area contributed by atoms with E-state index in [9.17, 15) is 9.59 Å². The molecule has 0 atom stereocenters. The molecule has 242 valence electrons. The van der Waals surface area contributed by atoms with Crippen molar-refractivity contribution >= 4 is 23.3 Å². The summed E-state index contributed by atoms with van der Waals surface area (Å²) in [6, 6.07) is 19.9. The fraction of sp³-hybridized carbons (Fsp3) is 0.429. The molecule has 3 aromatic rings. The molecule has 45 heavy (non-hydrogen) atoms. The Bertz CT molecular complexity index is 1370. The Kier molecular flexibility index (Phi) is 12.5. The van der Waals surface area contributed by atoms with Crippen molar-refractivity contribution in [2.24, 2.45) is 0 Å². The van der Waals surface area contributed by atoms with Crippen LogP contribution >= 0.6 is 0 Å². The van der Waals surface area contributed by atoms with Gasteiger partial charge in [0.15, 0.2) is 11.5 Å². The van der Waals surface area contributed by atoms with Crippen molar-refractivity contribution in [1.82, 2.24) is 15.5 Å². The summed E-state index contributed by atoms with van der Waals surface area (Å²) >= 11 is 0. The van der Waals surface area contributed by atoms with E-state index in [4.69, 9.17) is 14.2 Å². The van der Waals surface area contributed by atoms with Crippen LogP contribution < -0.4 is 35.1 Å². The lowest BCUT2D eigenvalue weighted by atomic mass is 10.1. The third kappa shape index (κ3) is 9.86.